The molecule has 1 saturated heterocycles. The van der Waals surface area contributed by atoms with Gasteiger partial charge in [-0.15, -0.1) is 0 Å². The summed E-state index contributed by atoms with van der Waals surface area (Å²) in [7, 11) is 0. The summed E-state index contributed by atoms with van der Waals surface area (Å²) in [5.74, 6) is -0.840. The molecule has 0 aromatic heterocycles. The standard InChI is InChI=1S/C11H11FN2O2/c1-7-8(12)3-2-4-9(7)14-6-10(15)13-5-11(14)16/h2-4H,5-6H2,1H3,(H,13,15). The van der Waals surface area contributed by atoms with Crippen LogP contribution in [0.25, 0.3) is 0 Å². The Morgan fingerprint density at radius 3 is 2.88 bits per heavy atom. The van der Waals surface area contributed by atoms with Crippen LogP contribution in [-0.2, 0) is 9.59 Å². The first-order valence-electron chi connectivity index (χ1n) is 4.92. The maximum absolute atomic E-state index is 13.3. The molecule has 0 atom stereocenters. The highest BCUT2D eigenvalue weighted by Crippen LogP contribution is 2.22. The van der Waals surface area contributed by atoms with E-state index in [0.29, 0.717) is 11.3 Å². The smallest absolute Gasteiger partial charge is 0.246 e. The number of hydrogen-bond acceptors (Lipinski definition) is 2. The van der Waals surface area contributed by atoms with Gasteiger partial charge in [-0.25, -0.2) is 4.39 Å². The molecule has 4 nitrogen and oxygen atoms in total. The van der Waals surface area contributed by atoms with E-state index in [2.05, 4.69) is 5.32 Å². The van der Waals surface area contributed by atoms with E-state index in [4.69, 9.17) is 0 Å². The molecule has 1 fully saturated rings. The molecule has 0 aliphatic carbocycles. The van der Waals surface area contributed by atoms with Crippen LogP contribution < -0.4 is 10.2 Å². The summed E-state index contributed by atoms with van der Waals surface area (Å²) in [6, 6.07) is 4.49. The van der Waals surface area contributed by atoms with Gasteiger partial charge in [0.25, 0.3) is 0 Å². The lowest BCUT2D eigenvalue weighted by Gasteiger charge is -2.27. The van der Waals surface area contributed by atoms with Crippen LogP contribution in [0.15, 0.2) is 18.2 Å². The lowest BCUT2D eigenvalue weighted by molar-refractivity contribution is -0.128. The van der Waals surface area contributed by atoms with Gasteiger partial charge in [-0.05, 0) is 19.1 Å². The van der Waals surface area contributed by atoms with Crippen LogP contribution in [0.4, 0.5) is 10.1 Å². The van der Waals surface area contributed by atoms with E-state index in [1.807, 2.05) is 0 Å². The second-order valence-corrected chi connectivity index (χ2v) is 3.64. The molecular weight excluding hydrogens is 211 g/mol. The van der Waals surface area contributed by atoms with Crippen LogP contribution in [0, 0.1) is 12.7 Å². The molecule has 1 aromatic carbocycles. The van der Waals surface area contributed by atoms with E-state index in [9.17, 15) is 14.0 Å². The predicted octanol–water partition coefficient (Wildman–Crippen LogP) is 0.597. The van der Waals surface area contributed by atoms with Crippen LogP contribution in [0.1, 0.15) is 5.56 Å². The highest BCUT2D eigenvalue weighted by molar-refractivity contribution is 6.04. The first-order chi connectivity index (χ1) is 7.59. The normalized spacial score (nSPS) is 16.2. The van der Waals surface area contributed by atoms with Gasteiger partial charge in [0, 0.05) is 5.56 Å². The third kappa shape index (κ3) is 1.76. The molecule has 2 amide bonds. The van der Waals surface area contributed by atoms with Crippen molar-refractivity contribution in [1.82, 2.24) is 5.32 Å². The monoisotopic (exact) mass is 222 g/mol. The fraction of sp³-hybridized carbons (Fsp3) is 0.273. The predicted molar refractivity (Wildman–Crippen MR) is 56.5 cm³/mol. The first-order valence-corrected chi connectivity index (χ1v) is 4.92. The lowest BCUT2D eigenvalue weighted by Crippen LogP contribution is -2.52. The van der Waals surface area contributed by atoms with Crippen LogP contribution in [0.5, 0.6) is 0 Å². The molecule has 0 spiro atoms. The third-order valence-electron chi connectivity index (χ3n) is 2.57. The van der Waals surface area contributed by atoms with E-state index < -0.39 is 0 Å². The Labute approximate surface area is 92.0 Å². The topological polar surface area (TPSA) is 49.4 Å². The minimum Gasteiger partial charge on any atom is -0.345 e. The molecule has 5 heteroatoms. The molecule has 1 aliphatic rings. The van der Waals surface area contributed by atoms with Gasteiger partial charge in [0.05, 0.1) is 12.2 Å². The molecule has 1 aromatic rings. The molecule has 84 valence electrons. The van der Waals surface area contributed by atoms with E-state index in [0.717, 1.165) is 0 Å². The molecule has 0 radical (unpaired) electrons. The fourth-order valence-corrected chi connectivity index (χ4v) is 1.67. The van der Waals surface area contributed by atoms with Gasteiger partial charge in [-0.2, -0.15) is 0 Å². The fourth-order valence-electron chi connectivity index (χ4n) is 1.67. The van der Waals surface area contributed by atoms with Gasteiger partial charge in [0.2, 0.25) is 11.8 Å². The second-order valence-electron chi connectivity index (χ2n) is 3.64. The highest BCUT2D eigenvalue weighted by Gasteiger charge is 2.25. The molecule has 1 heterocycles. The summed E-state index contributed by atoms with van der Waals surface area (Å²) in [6.45, 7) is 1.50. The summed E-state index contributed by atoms with van der Waals surface area (Å²) in [6.07, 6.45) is 0. The van der Waals surface area contributed by atoms with Gasteiger partial charge in [-0.3, -0.25) is 9.59 Å². The summed E-state index contributed by atoms with van der Waals surface area (Å²) in [5.41, 5.74) is 0.838. The molecule has 1 aliphatic heterocycles. The Morgan fingerprint density at radius 2 is 2.12 bits per heavy atom. The zero-order valence-corrected chi connectivity index (χ0v) is 8.79. The van der Waals surface area contributed by atoms with E-state index in [-0.39, 0.29) is 30.7 Å². The van der Waals surface area contributed by atoms with Crippen molar-refractivity contribution in [3.05, 3.63) is 29.6 Å². The minimum atomic E-state index is -0.378. The highest BCUT2D eigenvalue weighted by atomic mass is 19.1. The van der Waals surface area contributed by atoms with Crippen LogP contribution in [0.2, 0.25) is 0 Å². The Morgan fingerprint density at radius 1 is 1.38 bits per heavy atom. The molecule has 0 saturated carbocycles. The summed E-state index contributed by atoms with van der Waals surface area (Å²) in [4.78, 5) is 24.1. The Balaban J connectivity index is 2.39. The molecule has 2 rings (SSSR count). The number of nitrogens with zero attached hydrogens (tertiary/aromatic N) is 1. The quantitative estimate of drug-likeness (QED) is 0.756. The van der Waals surface area contributed by atoms with Crippen molar-refractivity contribution < 1.29 is 14.0 Å². The average molecular weight is 222 g/mol. The lowest BCUT2D eigenvalue weighted by atomic mass is 10.1. The van der Waals surface area contributed by atoms with Crippen molar-refractivity contribution in [2.45, 2.75) is 6.92 Å². The van der Waals surface area contributed by atoms with Gasteiger partial charge in [0.15, 0.2) is 0 Å². The molecule has 0 bridgehead atoms. The first kappa shape index (κ1) is 10.6. The number of hydrogen-bond donors (Lipinski definition) is 1. The summed E-state index contributed by atoms with van der Waals surface area (Å²) in [5, 5.41) is 2.44. The number of amides is 2. The number of benzene rings is 1. The van der Waals surface area contributed by atoms with Crippen molar-refractivity contribution >= 4 is 17.5 Å². The number of carbonyl (C=O) groups excluding carboxylic acids is 2. The maximum atomic E-state index is 13.3. The molecule has 1 N–H and O–H groups in total. The Hall–Kier alpha value is -1.91. The Bertz CT molecular complexity index is 459. The number of carbonyl (C=O) groups is 2. The zero-order valence-electron chi connectivity index (χ0n) is 8.79. The van der Waals surface area contributed by atoms with Crippen molar-refractivity contribution in [1.29, 1.82) is 0 Å². The van der Waals surface area contributed by atoms with Crippen LogP contribution in [-0.4, -0.2) is 24.9 Å². The average Bonchev–Trinajstić information content (AvgIpc) is 2.26. The van der Waals surface area contributed by atoms with Gasteiger partial charge < -0.3 is 10.2 Å². The van der Waals surface area contributed by atoms with Crippen LogP contribution in [0.3, 0.4) is 0 Å². The number of rotatable bonds is 1. The summed E-state index contributed by atoms with van der Waals surface area (Å²) >= 11 is 0. The largest absolute Gasteiger partial charge is 0.345 e. The van der Waals surface area contributed by atoms with Gasteiger partial charge in [0.1, 0.15) is 12.4 Å². The Kier molecular flexibility index (Phi) is 2.60. The van der Waals surface area contributed by atoms with Crippen molar-refractivity contribution in [2.75, 3.05) is 18.0 Å². The van der Waals surface area contributed by atoms with Crippen molar-refractivity contribution in [2.24, 2.45) is 0 Å². The van der Waals surface area contributed by atoms with Gasteiger partial charge >= 0.3 is 0 Å². The van der Waals surface area contributed by atoms with Crippen molar-refractivity contribution in [3.63, 3.8) is 0 Å². The summed E-state index contributed by atoms with van der Waals surface area (Å²) < 4.78 is 13.3. The number of anilines is 1. The maximum Gasteiger partial charge on any atom is 0.246 e. The number of nitrogens with one attached hydrogen (secondary N) is 1. The van der Waals surface area contributed by atoms with Gasteiger partial charge in [-0.1, -0.05) is 6.07 Å². The van der Waals surface area contributed by atoms with Crippen molar-refractivity contribution in [3.8, 4) is 0 Å². The number of halogens is 1. The third-order valence-corrected chi connectivity index (χ3v) is 2.57. The van der Waals surface area contributed by atoms with E-state index >= 15 is 0 Å². The SMILES string of the molecule is Cc1c(F)cccc1N1CC(=O)NCC1=O. The van der Waals surface area contributed by atoms with E-state index in [1.54, 1.807) is 13.0 Å². The minimum absolute atomic E-state index is 0.0329. The zero-order chi connectivity index (χ0) is 11.7. The molecule has 16 heavy (non-hydrogen) atoms. The second kappa shape index (κ2) is 3.92. The molecule has 0 unspecified atom stereocenters. The van der Waals surface area contributed by atoms with Crippen LogP contribution >= 0.6 is 0 Å². The molecular formula is C11H11FN2O2. The van der Waals surface area contributed by atoms with E-state index in [1.165, 1.54) is 17.0 Å². The number of piperazine rings is 1.